The van der Waals surface area contributed by atoms with Crippen molar-refractivity contribution in [3.63, 3.8) is 0 Å². The molecule has 0 bridgehead atoms. The van der Waals surface area contributed by atoms with Crippen molar-refractivity contribution < 1.29 is 0 Å². The van der Waals surface area contributed by atoms with Crippen LogP contribution >= 0.6 is 15.9 Å². The molecule has 0 atom stereocenters. The van der Waals surface area contributed by atoms with Gasteiger partial charge in [-0.1, -0.05) is 76.6 Å². The molecule has 0 aliphatic rings. The molecule has 23 heavy (non-hydrogen) atoms. The molecule has 0 aliphatic heterocycles. The van der Waals surface area contributed by atoms with E-state index in [1.54, 1.807) is 0 Å². The van der Waals surface area contributed by atoms with Crippen molar-refractivity contribution in [2.24, 2.45) is 0 Å². The zero-order chi connectivity index (χ0) is 15.8. The Morgan fingerprint density at radius 1 is 0.783 bits per heavy atom. The van der Waals surface area contributed by atoms with Crippen LogP contribution in [0.1, 0.15) is 5.56 Å². The summed E-state index contributed by atoms with van der Waals surface area (Å²) in [5.74, 6) is 0. The van der Waals surface area contributed by atoms with Crippen LogP contribution in [0.25, 0.3) is 33.3 Å². The number of halogens is 1. The summed E-state index contributed by atoms with van der Waals surface area (Å²) in [4.78, 5) is 3.63. The molecule has 1 nitrogen and oxygen atoms in total. The third kappa shape index (κ3) is 2.49. The maximum Gasteiger partial charge on any atom is 0.0544 e. The first kappa shape index (κ1) is 14.3. The third-order valence-electron chi connectivity index (χ3n) is 4.20. The lowest BCUT2D eigenvalue weighted by atomic mass is 9.98. The molecule has 0 amide bonds. The molecule has 3 aromatic carbocycles. The van der Waals surface area contributed by atoms with Gasteiger partial charge in [-0.3, -0.25) is 0 Å². The maximum atomic E-state index is 3.67. The van der Waals surface area contributed by atoms with Gasteiger partial charge >= 0.3 is 0 Å². The van der Waals surface area contributed by atoms with Gasteiger partial charge in [0.25, 0.3) is 0 Å². The number of hydrogen-bond acceptors (Lipinski definition) is 0. The monoisotopic (exact) mass is 361 g/mol. The Kier molecular flexibility index (Phi) is 3.55. The standard InChI is InChI=1S/C21H16BrN/c1-14-12-19-17(13-18(14)22)20(15-8-4-2-5-9-15)21(23-19)16-10-6-3-7-11-16/h2-13,23H,1H3. The highest BCUT2D eigenvalue weighted by Gasteiger charge is 2.15. The summed E-state index contributed by atoms with van der Waals surface area (Å²) >= 11 is 3.67. The van der Waals surface area contributed by atoms with Gasteiger partial charge < -0.3 is 4.98 Å². The second-order valence-electron chi connectivity index (χ2n) is 5.75. The summed E-state index contributed by atoms with van der Waals surface area (Å²) in [6, 6.07) is 25.5. The number of benzene rings is 3. The topological polar surface area (TPSA) is 15.8 Å². The maximum absolute atomic E-state index is 3.67. The highest BCUT2D eigenvalue weighted by atomic mass is 79.9. The van der Waals surface area contributed by atoms with E-state index < -0.39 is 0 Å². The number of aromatic amines is 1. The molecule has 2 heteroatoms. The van der Waals surface area contributed by atoms with Crippen LogP contribution < -0.4 is 0 Å². The van der Waals surface area contributed by atoms with Crippen LogP contribution in [-0.2, 0) is 0 Å². The van der Waals surface area contributed by atoms with Crippen molar-refractivity contribution in [3.8, 4) is 22.4 Å². The number of aromatic nitrogens is 1. The van der Waals surface area contributed by atoms with E-state index in [1.165, 1.54) is 38.9 Å². The smallest absolute Gasteiger partial charge is 0.0544 e. The first-order valence-electron chi connectivity index (χ1n) is 7.67. The van der Waals surface area contributed by atoms with E-state index in [2.05, 4.69) is 101 Å². The number of H-pyrrole nitrogens is 1. The minimum atomic E-state index is 1.14. The molecule has 0 aliphatic carbocycles. The van der Waals surface area contributed by atoms with Crippen LogP contribution in [-0.4, -0.2) is 4.98 Å². The average Bonchev–Trinajstić information content (AvgIpc) is 2.95. The first-order chi connectivity index (χ1) is 11.2. The molecule has 112 valence electrons. The van der Waals surface area contributed by atoms with Crippen LogP contribution in [0, 0.1) is 6.92 Å². The van der Waals surface area contributed by atoms with E-state index in [9.17, 15) is 0 Å². The van der Waals surface area contributed by atoms with Gasteiger partial charge in [-0.2, -0.15) is 0 Å². The minimum Gasteiger partial charge on any atom is -0.354 e. The van der Waals surface area contributed by atoms with Crippen molar-refractivity contribution >= 4 is 26.8 Å². The van der Waals surface area contributed by atoms with E-state index >= 15 is 0 Å². The normalized spacial score (nSPS) is 11.0. The first-order valence-corrected chi connectivity index (χ1v) is 8.46. The molecule has 0 saturated carbocycles. The number of aryl methyl sites for hydroxylation is 1. The molecule has 4 rings (SSSR count). The van der Waals surface area contributed by atoms with E-state index in [0.717, 1.165) is 4.47 Å². The lowest BCUT2D eigenvalue weighted by molar-refractivity contribution is 1.41. The summed E-state index contributed by atoms with van der Waals surface area (Å²) in [5, 5.41) is 1.24. The molecular weight excluding hydrogens is 346 g/mol. The van der Waals surface area contributed by atoms with E-state index in [1.807, 2.05) is 0 Å². The largest absolute Gasteiger partial charge is 0.354 e. The van der Waals surface area contributed by atoms with Crippen LogP contribution in [0.3, 0.4) is 0 Å². The molecular formula is C21H16BrN. The Morgan fingerprint density at radius 2 is 1.39 bits per heavy atom. The quantitative estimate of drug-likeness (QED) is 0.415. The summed E-state index contributed by atoms with van der Waals surface area (Å²) in [5.41, 5.74) is 7.27. The molecule has 0 fully saturated rings. The Balaban J connectivity index is 2.09. The predicted octanol–water partition coefficient (Wildman–Crippen LogP) is 6.57. The van der Waals surface area contributed by atoms with Gasteiger partial charge in [0, 0.05) is 20.9 Å². The zero-order valence-corrected chi connectivity index (χ0v) is 14.4. The average molecular weight is 362 g/mol. The second-order valence-corrected chi connectivity index (χ2v) is 6.61. The Morgan fingerprint density at radius 3 is 2.04 bits per heavy atom. The minimum absolute atomic E-state index is 1.14. The van der Waals surface area contributed by atoms with Crippen LogP contribution in [0.15, 0.2) is 77.3 Å². The third-order valence-corrected chi connectivity index (χ3v) is 5.06. The van der Waals surface area contributed by atoms with Crippen molar-refractivity contribution in [2.75, 3.05) is 0 Å². The summed E-state index contributed by atoms with van der Waals surface area (Å²) in [6.45, 7) is 2.12. The molecule has 0 spiro atoms. The van der Waals surface area contributed by atoms with E-state index in [4.69, 9.17) is 0 Å². The van der Waals surface area contributed by atoms with E-state index in [0.29, 0.717) is 0 Å². The summed E-state index contributed by atoms with van der Waals surface area (Å²) < 4.78 is 1.14. The Hall–Kier alpha value is -2.32. The molecule has 1 aromatic heterocycles. The molecule has 0 unspecified atom stereocenters. The predicted molar refractivity (Wildman–Crippen MR) is 102 cm³/mol. The number of nitrogens with one attached hydrogen (secondary N) is 1. The van der Waals surface area contributed by atoms with Crippen molar-refractivity contribution in [1.82, 2.24) is 4.98 Å². The number of hydrogen-bond donors (Lipinski definition) is 1. The highest BCUT2D eigenvalue weighted by molar-refractivity contribution is 9.10. The zero-order valence-electron chi connectivity index (χ0n) is 12.8. The van der Waals surface area contributed by atoms with Gasteiger partial charge in [0.05, 0.1) is 5.69 Å². The number of fused-ring (bicyclic) bond motifs is 1. The molecule has 0 saturated heterocycles. The SMILES string of the molecule is Cc1cc2[nH]c(-c3ccccc3)c(-c3ccccc3)c2cc1Br. The van der Waals surface area contributed by atoms with Crippen LogP contribution in [0.2, 0.25) is 0 Å². The van der Waals surface area contributed by atoms with Gasteiger partial charge in [-0.15, -0.1) is 0 Å². The van der Waals surface area contributed by atoms with Crippen molar-refractivity contribution in [1.29, 1.82) is 0 Å². The van der Waals surface area contributed by atoms with Crippen molar-refractivity contribution in [2.45, 2.75) is 6.92 Å². The van der Waals surface area contributed by atoms with Crippen LogP contribution in [0.4, 0.5) is 0 Å². The van der Waals surface area contributed by atoms with E-state index in [-0.39, 0.29) is 0 Å². The molecule has 1 N–H and O–H groups in total. The van der Waals surface area contributed by atoms with Gasteiger partial charge in [-0.25, -0.2) is 0 Å². The Bertz CT molecular complexity index is 969. The summed E-state index contributed by atoms with van der Waals surface area (Å²) in [6.07, 6.45) is 0. The van der Waals surface area contributed by atoms with Gasteiger partial charge in [0.1, 0.15) is 0 Å². The van der Waals surface area contributed by atoms with Gasteiger partial charge in [-0.05, 0) is 35.7 Å². The molecule has 0 radical (unpaired) electrons. The fraction of sp³-hybridized carbons (Fsp3) is 0.0476. The summed E-state index contributed by atoms with van der Waals surface area (Å²) in [7, 11) is 0. The second kappa shape index (κ2) is 5.71. The van der Waals surface area contributed by atoms with Crippen molar-refractivity contribution in [3.05, 3.63) is 82.8 Å². The lowest BCUT2D eigenvalue weighted by Crippen LogP contribution is -1.82. The fourth-order valence-electron chi connectivity index (χ4n) is 3.05. The fourth-order valence-corrected chi connectivity index (χ4v) is 3.39. The van der Waals surface area contributed by atoms with Crippen LogP contribution in [0.5, 0.6) is 0 Å². The highest BCUT2D eigenvalue weighted by Crippen LogP contribution is 2.39. The van der Waals surface area contributed by atoms with Gasteiger partial charge in [0.15, 0.2) is 0 Å². The number of rotatable bonds is 2. The lowest BCUT2D eigenvalue weighted by Gasteiger charge is -2.06. The molecule has 4 aromatic rings. The Labute approximate surface area is 144 Å². The van der Waals surface area contributed by atoms with Gasteiger partial charge in [0.2, 0.25) is 0 Å². The molecule has 1 heterocycles.